The summed E-state index contributed by atoms with van der Waals surface area (Å²) in [6, 6.07) is 10.8. The first-order valence-corrected chi connectivity index (χ1v) is 8.44. The smallest absolute Gasteiger partial charge is 0.193 e. The average Bonchev–Trinajstić information content (AvgIpc) is 2.98. The maximum Gasteiger partial charge on any atom is 0.193 e. The lowest BCUT2D eigenvalue weighted by molar-refractivity contribution is 0.328. The minimum atomic E-state index is -0.196. The molecule has 0 radical (unpaired) electrons. The first-order chi connectivity index (χ1) is 12.0. The standard InChI is InChI=1S/C19H28FN5.HI/c1-21-19(25(4)15-18-6-5-12-24(18)3)22-11-13-23(2)14-16-7-9-17(20)10-8-16;/h5-10,12H,11,13-15H2,1-4H3,(H,21,22);1H. The molecule has 0 aliphatic rings. The van der Waals surface area contributed by atoms with E-state index in [4.69, 9.17) is 0 Å². The third kappa shape index (κ3) is 6.95. The number of guanidine groups is 1. The van der Waals surface area contributed by atoms with E-state index in [1.807, 2.05) is 38.5 Å². The Morgan fingerprint density at radius 3 is 2.42 bits per heavy atom. The quantitative estimate of drug-likeness (QED) is 0.382. The van der Waals surface area contributed by atoms with Gasteiger partial charge in [-0.15, -0.1) is 24.0 Å². The van der Waals surface area contributed by atoms with Gasteiger partial charge in [-0.25, -0.2) is 4.39 Å². The Labute approximate surface area is 172 Å². The van der Waals surface area contributed by atoms with Crippen molar-refractivity contribution in [1.29, 1.82) is 0 Å². The van der Waals surface area contributed by atoms with Gasteiger partial charge in [0.05, 0.1) is 6.54 Å². The van der Waals surface area contributed by atoms with Gasteiger partial charge in [0.15, 0.2) is 5.96 Å². The SMILES string of the molecule is CN=C(NCCN(C)Cc1ccc(F)cc1)N(C)Cc1cccn1C.I. The molecule has 1 aromatic heterocycles. The zero-order chi connectivity index (χ0) is 18.2. The van der Waals surface area contributed by atoms with Crippen LogP contribution in [0.4, 0.5) is 4.39 Å². The van der Waals surface area contributed by atoms with Crippen molar-refractivity contribution in [2.45, 2.75) is 13.1 Å². The maximum atomic E-state index is 12.9. The molecular weight excluding hydrogens is 444 g/mol. The number of nitrogens with one attached hydrogen (secondary N) is 1. The Morgan fingerprint density at radius 1 is 1.15 bits per heavy atom. The highest BCUT2D eigenvalue weighted by Crippen LogP contribution is 2.05. The molecule has 0 aliphatic carbocycles. The topological polar surface area (TPSA) is 35.8 Å². The highest BCUT2D eigenvalue weighted by molar-refractivity contribution is 14.0. The van der Waals surface area contributed by atoms with Gasteiger partial charge in [0.1, 0.15) is 5.82 Å². The minimum absolute atomic E-state index is 0. The van der Waals surface area contributed by atoms with E-state index in [0.717, 1.165) is 37.7 Å². The predicted octanol–water partition coefficient (Wildman–Crippen LogP) is 2.92. The highest BCUT2D eigenvalue weighted by atomic mass is 127. The summed E-state index contributed by atoms with van der Waals surface area (Å²) in [4.78, 5) is 8.66. The lowest BCUT2D eigenvalue weighted by Gasteiger charge is -2.24. The number of halogens is 2. The van der Waals surface area contributed by atoms with Crippen LogP contribution < -0.4 is 5.32 Å². The number of likely N-dealkylation sites (N-methyl/N-ethyl adjacent to an activating group) is 1. The van der Waals surface area contributed by atoms with Gasteiger partial charge >= 0.3 is 0 Å². The third-order valence-corrected chi connectivity index (χ3v) is 4.17. The zero-order valence-corrected chi connectivity index (χ0v) is 18.3. The molecule has 0 spiro atoms. The molecule has 1 N–H and O–H groups in total. The fourth-order valence-electron chi connectivity index (χ4n) is 2.70. The molecule has 0 bridgehead atoms. The molecule has 0 saturated carbocycles. The molecule has 26 heavy (non-hydrogen) atoms. The van der Waals surface area contributed by atoms with Crippen molar-refractivity contribution in [2.24, 2.45) is 12.0 Å². The van der Waals surface area contributed by atoms with E-state index in [9.17, 15) is 4.39 Å². The number of benzene rings is 1. The zero-order valence-electron chi connectivity index (χ0n) is 15.9. The van der Waals surface area contributed by atoms with Crippen LogP contribution in [0.3, 0.4) is 0 Å². The van der Waals surface area contributed by atoms with Crippen LogP contribution in [0.1, 0.15) is 11.3 Å². The van der Waals surface area contributed by atoms with Gasteiger partial charge < -0.3 is 19.7 Å². The lowest BCUT2D eigenvalue weighted by Crippen LogP contribution is -2.41. The van der Waals surface area contributed by atoms with Crippen LogP contribution in [-0.4, -0.2) is 54.6 Å². The summed E-state index contributed by atoms with van der Waals surface area (Å²) in [5.74, 6) is 0.675. The van der Waals surface area contributed by atoms with Crippen molar-refractivity contribution >= 4 is 29.9 Å². The number of aromatic nitrogens is 1. The van der Waals surface area contributed by atoms with E-state index in [-0.39, 0.29) is 29.8 Å². The largest absolute Gasteiger partial charge is 0.355 e. The van der Waals surface area contributed by atoms with Gasteiger partial charge in [0.25, 0.3) is 0 Å². The second-order valence-corrected chi connectivity index (χ2v) is 6.30. The monoisotopic (exact) mass is 473 g/mol. The van der Waals surface area contributed by atoms with Crippen molar-refractivity contribution in [3.8, 4) is 0 Å². The first kappa shape index (κ1) is 22.4. The second-order valence-electron chi connectivity index (χ2n) is 6.30. The Balaban J connectivity index is 0.00000338. The summed E-state index contributed by atoms with van der Waals surface area (Å²) in [6.45, 7) is 3.25. The molecule has 0 aliphatic heterocycles. The Hall–Kier alpha value is -1.61. The lowest BCUT2D eigenvalue weighted by atomic mass is 10.2. The van der Waals surface area contributed by atoms with Gasteiger partial charge in [-0.3, -0.25) is 4.99 Å². The minimum Gasteiger partial charge on any atom is -0.355 e. The molecular formula is C19H29FIN5. The molecule has 144 valence electrons. The molecule has 0 atom stereocenters. The van der Waals surface area contributed by atoms with Crippen molar-refractivity contribution in [3.63, 3.8) is 0 Å². The number of rotatable bonds is 7. The molecule has 1 heterocycles. The van der Waals surface area contributed by atoms with Gasteiger partial charge in [-0.05, 0) is 36.9 Å². The fourth-order valence-corrected chi connectivity index (χ4v) is 2.70. The fraction of sp³-hybridized carbons (Fsp3) is 0.421. The molecule has 2 rings (SSSR count). The van der Waals surface area contributed by atoms with Gasteiger partial charge in [-0.2, -0.15) is 0 Å². The van der Waals surface area contributed by atoms with E-state index in [0.29, 0.717) is 0 Å². The van der Waals surface area contributed by atoms with Crippen LogP contribution >= 0.6 is 24.0 Å². The number of aryl methyl sites for hydroxylation is 1. The van der Waals surface area contributed by atoms with E-state index >= 15 is 0 Å². The number of aliphatic imine (C=N–C) groups is 1. The van der Waals surface area contributed by atoms with Crippen LogP contribution in [0.2, 0.25) is 0 Å². The Kier molecular flexibility index (Phi) is 9.64. The summed E-state index contributed by atoms with van der Waals surface area (Å²) in [7, 11) is 7.93. The third-order valence-electron chi connectivity index (χ3n) is 4.17. The Bertz CT molecular complexity index is 683. The molecule has 0 saturated heterocycles. The van der Waals surface area contributed by atoms with E-state index in [2.05, 4.69) is 37.8 Å². The van der Waals surface area contributed by atoms with Crippen molar-refractivity contribution in [1.82, 2.24) is 19.7 Å². The maximum absolute atomic E-state index is 12.9. The summed E-state index contributed by atoms with van der Waals surface area (Å²) in [5, 5.41) is 3.39. The molecule has 0 fully saturated rings. The van der Waals surface area contributed by atoms with Gasteiger partial charge in [-0.1, -0.05) is 12.1 Å². The van der Waals surface area contributed by atoms with E-state index in [1.165, 1.54) is 17.8 Å². The summed E-state index contributed by atoms with van der Waals surface area (Å²) < 4.78 is 15.1. The predicted molar refractivity (Wildman–Crippen MR) is 116 cm³/mol. The molecule has 0 unspecified atom stereocenters. The van der Waals surface area contributed by atoms with Crippen LogP contribution in [-0.2, 0) is 20.1 Å². The van der Waals surface area contributed by atoms with Gasteiger partial charge in [0.2, 0.25) is 0 Å². The van der Waals surface area contributed by atoms with Gasteiger partial charge in [0, 0.05) is 52.7 Å². The number of hydrogen-bond donors (Lipinski definition) is 1. The summed E-state index contributed by atoms with van der Waals surface area (Å²) in [5.41, 5.74) is 2.34. The first-order valence-electron chi connectivity index (χ1n) is 8.44. The second kappa shape index (κ2) is 11.2. The molecule has 0 amide bonds. The van der Waals surface area contributed by atoms with Crippen molar-refractivity contribution < 1.29 is 4.39 Å². The summed E-state index contributed by atoms with van der Waals surface area (Å²) >= 11 is 0. The summed E-state index contributed by atoms with van der Waals surface area (Å²) in [6.07, 6.45) is 2.05. The highest BCUT2D eigenvalue weighted by Gasteiger charge is 2.08. The van der Waals surface area contributed by atoms with Crippen molar-refractivity contribution in [3.05, 3.63) is 59.7 Å². The van der Waals surface area contributed by atoms with Crippen molar-refractivity contribution in [2.75, 3.05) is 34.2 Å². The van der Waals surface area contributed by atoms with Crippen LogP contribution in [0.5, 0.6) is 0 Å². The van der Waals surface area contributed by atoms with E-state index < -0.39 is 0 Å². The average molecular weight is 473 g/mol. The Morgan fingerprint density at radius 2 is 1.85 bits per heavy atom. The van der Waals surface area contributed by atoms with Crippen LogP contribution in [0.15, 0.2) is 47.6 Å². The van der Waals surface area contributed by atoms with Crippen LogP contribution in [0, 0.1) is 5.82 Å². The normalized spacial score (nSPS) is 11.4. The molecule has 2 aromatic rings. The molecule has 7 heteroatoms. The number of nitrogens with zero attached hydrogens (tertiary/aromatic N) is 4. The molecule has 5 nitrogen and oxygen atoms in total. The van der Waals surface area contributed by atoms with Crippen LogP contribution in [0.25, 0.3) is 0 Å². The van der Waals surface area contributed by atoms with E-state index in [1.54, 1.807) is 7.05 Å². The number of hydrogen-bond acceptors (Lipinski definition) is 2. The molecule has 1 aromatic carbocycles.